The Morgan fingerprint density at radius 2 is 2.00 bits per heavy atom. The van der Waals surface area contributed by atoms with Gasteiger partial charge < -0.3 is 14.5 Å². The zero-order valence-corrected chi connectivity index (χ0v) is 16.8. The SMILES string of the molecule is CCOC(=O)C1CSCCN1C(=O)c1ccc(N2CCCCC2)c([N+](=O)[O-])c1. The summed E-state index contributed by atoms with van der Waals surface area (Å²) in [6, 6.07) is 3.97. The number of nitro groups is 1. The number of carbonyl (C=O) groups is 2. The van der Waals surface area contributed by atoms with E-state index in [4.69, 9.17) is 4.74 Å². The second-order valence-corrected chi connectivity index (χ2v) is 8.00. The molecule has 1 aromatic rings. The number of hydrogen-bond donors (Lipinski definition) is 0. The van der Waals surface area contributed by atoms with Crippen LogP contribution in [0.25, 0.3) is 0 Å². The van der Waals surface area contributed by atoms with Crippen molar-refractivity contribution >= 4 is 35.0 Å². The van der Waals surface area contributed by atoms with Gasteiger partial charge in [-0.1, -0.05) is 0 Å². The minimum Gasteiger partial charge on any atom is -0.464 e. The van der Waals surface area contributed by atoms with Crippen molar-refractivity contribution in [2.75, 3.05) is 42.6 Å². The molecule has 2 aliphatic rings. The summed E-state index contributed by atoms with van der Waals surface area (Å²) in [7, 11) is 0. The lowest BCUT2D eigenvalue weighted by molar-refractivity contribution is -0.384. The Bertz CT molecular complexity index is 751. The molecule has 1 atom stereocenters. The van der Waals surface area contributed by atoms with Crippen LogP contribution in [0.15, 0.2) is 18.2 Å². The zero-order valence-electron chi connectivity index (χ0n) is 16.0. The lowest BCUT2D eigenvalue weighted by Crippen LogP contribution is -2.51. The normalized spacial score (nSPS) is 20.0. The highest BCUT2D eigenvalue weighted by atomic mass is 32.2. The van der Waals surface area contributed by atoms with Crippen molar-refractivity contribution in [2.45, 2.75) is 32.2 Å². The molecule has 0 aliphatic carbocycles. The first-order chi connectivity index (χ1) is 13.5. The van der Waals surface area contributed by atoms with Gasteiger partial charge in [0.25, 0.3) is 11.6 Å². The first kappa shape index (κ1) is 20.4. The fourth-order valence-corrected chi connectivity index (χ4v) is 4.68. The molecular weight excluding hydrogens is 382 g/mol. The minimum absolute atomic E-state index is 0.0631. The maximum Gasteiger partial charge on any atom is 0.329 e. The van der Waals surface area contributed by atoms with Crippen molar-refractivity contribution in [1.29, 1.82) is 0 Å². The molecule has 0 aromatic heterocycles. The number of nitro benzene ring substituents is 1. The number of ether oxygens (including phenoxy) is 1. The Balaban J connectivity index is 1.87. The van der Waals surface area contributed by atoms with E-state index in [9.17, 15) is 19.7 Å². The predicted octanol–water partition coefficient (Wildman–Crippen LogP) is 2.71. The van der Waals surface area contributed by atoms with Crippen molar-refractivity contribution in [3.05, 3.63) is 33.9 Å². The zero-order chi connectivity index (χ0) is 20.1. The van der Waals surface area contributed by atoms with E-state index in [2.05, 4.69) is 0 Å². The third-order valence-electron chi connectivity index (χ3n) is 5.06. The van der Waals surface area contributed by atoms with Crippen molar-refractivity contribution in [1.82, 2.24) is 4.90 Å². The summed E-state index contributed by atoms with van der Waals surface area (Å²) in [6.07, 6.45) is 3.14. The monoisotopic (exact) mass is 407 g/mol. The van der Waals surface area contributed by atoms with Crippen LogP contribution in [0.2, 0.25) is 0 Å². The molecule has 8 nitrogen and oxygen atoms in total. The Labute approximate surface area is 168 Å². The van der Waals surface area contributed by atoms with Gasteiger partial charge in [-0.25, -0.2) is 4.79 Å². The molecule has 0 spiro atoms. The molecular formula is C19H25N3O5S. The summed E-state index contributed by atoms with van der Waals surface area (Å²) in [5, 5.41) is 11.6. The highest BCUT2D eigenvalue weighted by Crippen LogP contribution is 2.32. The second-order valence-electron chi connectivity index (χ2n) is 6.85. The summed E-state index contributed by atoms with van der Waals surface area (Å²) in [5.74, 6) is 0.392. The van der Waals surface area contributed by atoms with Crippen molar-refractivity contribution in [3.63, 3.8) is 0 Å². The number of rotatable bonds is 5. The van der Waals surface area contributed by atoms with Crippen LogP contribution in [0.5, 0.6) is 0 Å². The summed E-state index contributed by atoms with van der Waals surface area (Å²) in [5.41, 5.74) is 0.720. The maximum absolute atomic E-state index is 13.1. The average Bonchev–Trinajstić information content (AvgIpc) is 2.73. The number of nitrogens with zero attached hydrogens (tertiary/aromatic N) is 3. The number of piperidine rings is 1. The summed E-state index contributed by atoms with van der Waals surface area (Å²) < 4.78 is 5.10. The van der Waals surface area contributed by atoms with Crippen molar-refractivity contribution < 1.29 is 19.2 Å². The van der Waals surface area contributed by atoms with Gasteiger partial charge in [0.05, 0.1) is 11.5 Å². The maximum atomic E-state index is 13.1. The van der Waals surface area contributed by atoms with Crippen LogP contribution < -0.4 is 4.90 Å². The van der Waals surface area contributed by atoms with E-state index in [0.717, 1.165) is 38.1 Å². The van der Waals surface area contributed by atoms with Gasteiger partial charge in [0.15, 0.2) is 0 Å². The average molecular weight is 407 g/mol. The molecule has 1 aromatic carbocycles. The third-order valence-corrected chi connectivity index (χ3v) is 6.09. The van der Waals surface area contributed by atoms with E-state index in [-0.39, 0.29) is 23.8 Å². The van der Waals surface area contributed by atoms with Gasteiger partial charge in [-0.05, 0) is 38.3 Å². The number of carbonyl (C=O) groups excluding carboxylic acids is 2. The Morgan fingerprint density at radius 3 is 2.68 bits per heavy atom. The van der Waals surface area contributed by atoms with E-state index in [0.29, 0.717) is 18.0 Å². The molecule has 2 saturated heterocycles. The quantitative estimate of drug-likeness (QED) is 0.421. The van der Waals surface area contributed by atoms with Gasteiger partial charge in [-0.3, -0.25) is 14.9 Å². The molecule has 2 aliphatic heterocycles. The van der Waals surface area contributed by atoms with Crippen LogP contribution in [0.4, 0.5) is 11.4 Å². The molecule has 9 heteroatoms. The Kier molecular flexibility index (Phi) is 6.77. The molecule has 0 bridgehead atoms. The van der Waals surface area contributed by atoms with Gasteiger partial charge in [0, 0.05) is 42.8 Å². The molecule has 0 N–H and O–H groups in total. The van der Waals surface area contributed by atoms with E-state index < -0.39 is 16.9 Å². The number of esters is 1. The predicted molar refractivity (Wildman–Crippen MR) is 108 cm³/mol. The Morgan fingerprint density at radius 1 is 1.25 bits per heavy atom. The molecule has 28 heavy (non-hydrogen) atoms. The number of thioether (sulfide) groups is 1. The van der Waals surface area contributed by atoms with E-state index in [1.165, 1.54) is 11.0 Å². The van der Waals surface area contributed by atoms with Crippen LogP contribution in [0.1, 0.15) is 36.5 Å². The van der Waals surface area contributed by atoms with E-state index in [1.54, 1.807) is 30.8 Å². The van der Waals surface area contributed by atoms with Crippen LogP contribution in [0.3, 0.4) is 0 Å². The lowest BCUT2D eigenvalue weighted by Gasteiger charge is -2.34. The van der Waals surface area contributed by atoms with Crippen molar-refractivity contribution in [3.8, 4) is 0 Å². The topological polar surface area (TPSA) is 93.0 Å². The fraction of sp³-hybridized carbons (Fsp3) is 0.579. The van der Waals surface area contributed by atoms with Gasteiger partial charge in [-0.2, -0.15) is 11.8 Å². The van der Waals surface area contributed by atoms with Crippen LogP contribution in [-0.4, -0.2) is 65.5 Å². The smallest absolute Gasteiger partial charge is 0.329 e. The summed E-state index contributed by atoms with van der Waals surface area (Å²) >= 11 is 1.59. The van der Waals surface area contributed by atoms with Gasteiger partial charge >= 0.3 is 5.97 Å². The lowest BCUT2D eigenvalue weighted by atomic mass is 10.1. The standard InChI is InChI=1S/C19H25N3O5S/c1-2-27-19(24)17-13-28-11-10-21(17)18(23)14-6-7-15(16(12-14)22(25)26)20-8-4-3-5-9-20/h6-7,12,17H,2-5,8-11,13H2,1H3. The second kappa shape index (κ2) is 9.27. The van der Waals surface area contributed by atoms with Gasteiger partial charge in [-0.15, -0.1) is 0 Å². The number of anilines is 1. The molecule has 1 amide bonds. The van der Waals surface area contributed by atoms with Gasteiger partial charge in [0.2, 0.25) is 0 Å². The molecule has 0 radical (unpaired) electrons. The van der Waals surface area contributed by atoms with Crippen LogP contribution in [0, 0.1) is 10.1 Å². The minimum atomic E-state index is -0.660. The molecule has 2 fully saturated rings. The van der Waals surface area contributed by atoms with E-state index in [1.807, 2.05) is 4.90 Å². The molecule has 1 unspecified atom stereocenters. The molecule has 0 saturated carbocycles. The van der Waals surface area contributed by atoms with E-state index >= 15 is 0 Å². The number of benzene rings is 1. The molecule has 152 valence electrons. The van der Waals surface area contributed by atoms with Crippen molar-refractivity contribution in [2.24, 2.45) is 0 Å². The molecule has 3 rings (SSSR count). The largest absolute Gasteiger partial charge is 0.464 e. The summed E-state index contributed by atoms with van der Waals surface area (Å²) in [4.78, 5) is 40.0. The third kappa shape index (κ3) is 4.40. The Hall–Kier alpha value is -2.29. The van der Waals surface area contributed by atoms with Crippen LogP contribution in [-0.2, 0) is 9.53 Å². The fourth-order valence-electron chi connectivity index (χ4n) is 3.65. The summed E-state index contributed by atoms with van der Waals surface area (Å²) in [6.45, 7) is 3.94. The first-order valence-electron chi connectivity index (χ1n) is 9.61. The highest BCUT2D eigenvalue weighted by Gasteiger charge is 2.35. The number of amides is 1. The van der Waals surface area contributed by atoms with Crippen LogP contribution >= 0.6 is 11.8 Å². The highest BCUT2D eigenvalue weighted by molar-refractivity contribution is 7.99. The first-order valence-corrected chi connectivity index (χ1v) is 10.8. The van der Waals surface area contributed by atoms with Gasteiger partial charge in [0.1, 0.15) is 11.7 Å². The number of hydrogen-bond acceptors (Lipinski definition) is 7. The molecule has 2 heterocycles.